The largest absolute Gasteiger partial charge is 0.464 e. The van der Waals surface area contributed by atoms with Gasteiger partial charge in [-0.05, 0) is 30.4 Å². The van der Waals surface area contributed by atoms with Crippen molar-refractivity contribution in [3.05, 3.63) is 23.5 Å². The predicted octanol–water partition coefficient (Wildman–Crippen LogP) is 1.69. The zero-order valence-electron chi connectivity index (χ0n) is 9.80. The van der Waals surface area contributed by atoms with Crippen LogP contribution in [0.4, 0.5) is 0 Å². The standard InChI is InChI=1S/C12H18N2O2/c1-12(5-6-12)8-13-7-9-3-4-10(14-9)11(15)16-2/h3-4,13-14H,5-8H2,1-2H3. The van der Waals surface area contributed by atoms with Crippen LogP contribution in [0.5, 0.6) is 0 Å². The number of methoxy groups -OCH3 is 1. The molecular weight excluding hydrogens is 204 g/mol. The normalized spacial score (nSPS) is 17.1. The summed E-state index contributed by atoms with van der Waals surface area (Å²) in [5.74, 6) is -0.319. The van der Waals surface area contributed by atoms with Gasteiger partial charge in [-0.25, -0.2) is 4.79 Å². The maximum Gasteiger partial charge on any atom is 0.354 e. The Morgan fingerprint density at radius 3 is 2.94 bits per heavy atom. The number of nitrogens with one attached hydrogen (secondary N) is 2. The number of aromatic amines is 1. The van der Waals surface area contributed by atoms with Gasteiger partial charge in [0.15, 0.2) is 0 Å². The minimum atomic E-state index is -0.319. The van der Waals surface area contributed by atoms with Crippen LogP contribution < -0.4 is 5.32 Å². The second-order valence-corrected chi connectivity index (χ2v) is 4.80. The van der Waals surface area contributed by atoms with E-state index >= 15 is 0 Å². The van der Waals surface area contributed by atoms with Gasteiger partial charge in [-0.3, -0.25) is 0 Å². The summed E-state index contributed by atoms with van der Waals surface area (Å²) < 4.78 is 4.63. The van der Waals surface area contributed by atoms with Crippen LogP contribution in [0.3, 0.4) is 0 Å². The molecule has 1 saturated carbocycles. The van der Waals surface area contributed by atoms with E-state index in [9.17, 15) is 4.79 Å². The maximum absolute atomic E-state index is 11.2. The highest BCUT2D eigenvalue weighted by atomic mass is 16.5. The molecule has 16 heavy (non-hydrogen) atoms. The molecule has 0 aromatic carbocycles. The smallest absolute Gasteiger partial charge is 0.354 e. The van der Waals surface area contributed by atoms with E-state index in [0.29, 0.717) is 11.1 Å². The Bertz CT molecular complexity index is 380. The van der Waals surface area contributed by atoms with Gasteiger partial charge < -0.3 is 15.0 Å². The zero-order valence-corrected chi connectivity index (χ0v) is 9.80. The van der Waals surface area contributed by atoms with Crippen molar-refractivity contribution in [1.29, 1.82) is 0 Å². The van der Waals surface area contributed by atoms with E-state index < -0.39 is 0 Å². The van der Waals surface area contributed by atoms with Gasteiger partial charge in [0.1, 0.15) is 5.69 Å². The molecule has 1 heterocycles. The number of esters is 1. The molecule has 0 aliphatic heterocycles. The lowest BCUT2D eigenvalue weighted by Gasteiger charge is -2.08. The van der Waals surface area contributed by atoms with Gasteiger partial charge in [-0.15, -0.1) is 0 Å². The first-order chi connectivity index (χ1) is 7.63. The van der Waals surface area contributed by atoms with Crippen LogP contribution in [-0.2, 0) is 11.3 Å². The van der Waals surface area contributed by atoms with Gasteiger partial charge in [0, 0.05) is 18.8 Å². The van der Waals surface area contributed by atoms with Gasteiger partial charge in [0.05, 0.1) is 7.11 Å². The molecule has 1 aliphatic carbocycles. The fourth-order valence-electron chi connectivity index (χ4n) is 1.66. The number of ether oxygens (including phenoxy) is 1. The van der Waals surface area contributed by atoms with E-state index in [-0.39, 0.29) is 5.97 Å². The van der Waals surface area contributed by atoms with Crippen LogP contribution in [0.15, 0.2) is 12.1 Å². The second kappa shape index (κ2) is 4.29. The molecule has 1 aromatic rings. The quantitative estimate of drug-likeness (QED) is 0.745. The fourth-order valence-corrected chi connectivity index (χ4v) is 1.66. The molecule has 0 radical (unpaired) electrons. The molecule has 88 valence electrons. The average molecular weight is 222 g/mol. The molecule has 1 aromatic heterocycles. The fraction of sp³-hybridized carbons (Fsp3) is 0.583. The summed E-state index contributed by atoms with van der Waals surface area (Å²) in [5, 5.41) is 3.39. The van der Waals surface area contributed by atoms with Gasteiger partial charge in [-0.1, -0.05) is 6.92 Å². The topological polar surface area (TPSA) is 54.1 Å². The number of hydrogen-bond acceptors (Lipinski definition) is 3. The van der Waals surface area contributed by atoms with Crippen LogP contribution in [0.2, 0.25) is 0 Å². The Morgan fingerprint density at radius 1 is 1.56 bits per heavy atom. The lowest BCUT2D eigenvalue weighted by Crippen LogP contribution is -2.21. The molecule has 0 bridgehead atoms. The molecule has 0 unspecified atom stereocenters. The Hall–Kier alpha value is -1.29. The van der Waals surface area contributed by atoms with Crippen molar-refractivity contribution in [3.8, 4) is 0 Å². The summed E-state index contributed by atoms with van der Waals surface area (Å²) in [6.45, 7) is 4.10. The predicted molar refractivity (Wildman–Crippen MR) is 61.2 cm³/mol. The summed E-state index contributed by atoms with van der Waals surface area (Å²) in [6.07, 6.45) is 2.64. The molecule has 1 fully saturated rings. The Morgan fingerprint density at radius 2 is 2.31 bits per heavy atom. The molecule has 2 N–H and O–H groups in total. The number of H-pyrrole nitrogens is 1. The van der Waals surface area contributed by atoms with E-state index in [4.69, 9.17) is 0 Å². The number of aromatic nitrogens is 1. The third-order valence-electron chi connectivity index (χ3n) is 3.12. The highest BCUT2D eigenvalue weighted by Crippen LogP contribution is 2.44. The van der Waals surface area contributed by atoms with Crippen molar-refractivity contribution in [2.24, 2.45) is 5.41 Å². The second-order valence-electron chi connectivity index (χ2n) is 4.80. The Kier molecular flexibility index (Phi) is 3.01. The van der Waals surface area contributed by atoms with E-state index in [1.165, 1.54) is 20.0 Å². The van der Waals surface area contributed by atoms with E-state index in [1.807, 2.05) is 6.07 Å². The highest BCUT2D eigenvalue weighted by Gasteiger charge is 2.36. The van der Waals surface area contributed by atoms with Crippen LogP contribution >= 0.6 is 0 Å². The third kappa shape index (κ3) is 2.64. The first kappa shape index (κ1) is 11.2. The number of carbonyl (C=O) groups is 1. The minimum absolute atomic E-state index is 0.319. The van der Waals surface area contributed by atoms with Crippen molar-refractivity contribution >= 4 is 5.97 Å². The van der Waals surface area contributed by atoms with Gasteiger partial charge in [0.2, 0.25) is 0 Å². The van der Waals surface area contributed by atoms with Gasteiger partial charge in [-0.2, -0.15) is 0 Å². The van der Waals surface area contributed by atoms with Gasteiger partial charge in [0.25, 0.3) is 0 Å². The lowest BCUT2D eigenvalue weighted by molar-refractivity contribution is 0.0594. The highest BCUT2D eigenvalue weighted by molar-refractivity contribution is 5.87. The first-order valence-corrected chi connectivity index (χ1v) is 5.60. The summed E-state index contributed by atoms with van der Waals surface area (Å²) >= 11 is 0. The summed E-state index contributed by atoms with van der Waals surface area (Å²) in [6, 6.07) is 3.66. The molecule has 0 saturated heterocycles. The lowest BCUT2D eigenvalue weighted by atomic mass is 10.1. The maximum atomic E-state index is 11.2. The monoisotopic (exact) mass is 222 g/mol. The van der Waals surface area contributed by atoms with Gasteiger partial charge >= 0.3 is 5.97 Å². The summed E-state index contributed by atoms with van der Waals surface area (Å²) in [7, 11) is 1.38. The Balaban J connectivity index is 1.80. The van der Waals surface area contributed by atoms with Crippen LogP contribution in [0, 0.1) is 5.41 Å². The molecule has 0 spiro atoms. The first-order valence-electron chi connectivity index (χ1n) is 5.60. The molecule has 4 heteroatoms. The average Bonchev–Trinajstić information content (AvgIpc) is 2.81. The van der Waals surface area contributed by atoms with Crippen LogP contribution in [0.1, 0.15) is 35.9 Å². The molecule has 1 aliphatic rings. The number of rotatable bonds is 5. The minimum Gasteiger partial charge on any atom is -0.464 e. The van der Waals surface area contributed by atoms with Crippen molar-refractivity contribution in [1.82, 2.24) is 10.3 Å². The summed E-state index contributed by atoms with van der Waals surface area (Å²) in [4.78, 5) is 14.2. The number of carbonyl (C=O) groups excluding carboxylic acids is 1. The van der Waals surface area contributed by atoms with Crippen LogP contribution in [0.25, 0.3) is 0 Å². The van der Waals surface area contributed by atoms with E-state index in [0.717, 1.165) is 18.8 Å². The van der Waals surface area contributed by atoms with Crippen molar-refractivity contribution in [2.75, 3.05) is 13.7 Å². The van der Waals surface area contributed by atoms with E-state index in [2.05, 4.69) is 22.0 Å². The Labute approximate surface area is 95.4 Å². The molecular formula is C12H18N2O2. The van der Waals surface area contributed by atoms with E-state index in [1.54, 1.807) is 6.07 Å². The summed E-state index contributed by atoms with van der Waals surface area (Å²) in [5.41, 5.74) is 2.04. The molecule has 0 atom stereocenters. The molecule has 2 rings (SSSR count). The van der Waals surface area contributed by atoms with Crippen LogP contribution in [-0.4, -0.2) is 24.6 Å². The van der Waals surface area contributed by atoms with Crippen molar-refractivity contribution in [2.45, 2.75) is 26.3 Å². The third-order valence-corrected chi connectivity index (χ3v) is 3.12. The SMILES string of the molecule is COC(=O)c1ccc(CNCC2(C)CC2)[nH]1. The number of hydrogen-bond donors (Lipinski definition) is 2. The van der Waals surface area contributed by atoms with Crippen molar-refractivity contribution < 1.29 is 9.53 Å². The van der Waals surface area contributed by atoms with Crippen molar-refractivity contribution in [3.63, 3.8) is 0 Å². The zero-order chi connectivity index (χ0) is 11.6. The molecule has 0 amide bonds. The molecule has 4 nitrogen and oxygen atoms in total.